The van der Waals surface area contributed by atoms with Crippen molar-refractivity contribution < 1.29 is 9.84 Å². The number of hydrogen-bond acceptors (Lipinski definition) is 7. The molecule has 0 spiro atoms. The van der Waals surface area contributed by atoms with Crippen LogP contribution in [0.25, 0.3) is 10.8 Å². The summed E-state index contributed by atoms with van der Waals surface area (Å²) in [4.78, 5) is 2.15. The molecule has 0 unspecified atom stereocenters. The summed E-state index contributed by atoms with van der Waals surface area (Å²) in [6.07, 6.45) is 1.17. The monoisotopic (exact) mass is 467 g/mol. The molecule has 0 aliphatic carbocycles. The van der Waals surface area contributed by atoms with Crippen molar-refractivity contribution in [3.63, 3.8) is 0 Å². The fourth-order valence-electron chi connectivity index (χ4n) is 3.66. The highest BCUT2D eigenvalue weighted by atomic mass is 79.9. The topological polar surface area (TPSA) is 94.3 Å². The maximum absolute atomic E-state index is 9.81. The summed E-state index contributed by atoms with van der Waals surface area (Å²) in [5, 5.41) is 33.3. The molecule has 2 aromatic carbocycles. The normalized spacial score (nSPS) is 14.5. The summed E-state index contributed by atoms with van der Waals surface area (Å²) >= 11 is 3.51. The van der Waals surface area contributed by atoms with Crippen LogP contribution < -0.4 is 15.0 Å². The average molecular weight is 468 g/mol. The van der Waals surface area contributed by atoms with Gasteiger partial charge >= 0.3 is 0 Å². The minimum atomic E-state index is -0.254. The molecule has 0 atom stereocenters. The molecule has 30 heavy (non-hydrogen) atoms. The Hall–Kier alpha value is -2.89. The highest BCUT2D eigenvalue weighted by Crippen LogP contribution is 2.32. The van der Waals surface area contributed by atoms with Gasteiger partial charge in [0.2, 0.25) is 0 Å². The van der Waals surface area contributed by atoms with Crippen molar-refractivity contribution in [1.82, 2.24) is 10.2 Å². The van der Waals surface area contributed by atoms with Crippen LogP contribution in [0.5, 0.6) is 5.75 Å². The van der Waals surface area contributed by atoms with Gasteiger partial charge in [-0.1, -0.05) is 6.07 Å². The zero-order valence-electron chi connectivity index (χ0n) is 16.6. The summed E-state index contributed by atoms with van der Waals surface area (Å²) < 4.78 is 6.17. The number of hydrogen-bond donors (Lipinski definition) is 2. The second kappa shape index (κ2) is 8.86. The molecule has 0 amide bonds. The lowest BCUT2D eigenvalue weighted by molar-refractivity contribution is 0.145. The molecule has 1 saturated heterocycles. The van der Waals surface area contributed by atoms with Crippen LogP contribution >= 0.6 is 15.9 Å². The molecule has 8 heteroatoms. The number of methoxy groups -OCH3 is 1. The first kappa shape index (κ1) is 20.4. The average Bonchev–Trinajstić information content (AvgIpc) is 2.77. The third-order valence-corrected chi connectivity index (χ3v) is 5.95. The fourth-order valence-corrected chi connectivity index (χ4v) is 4.25. The van der Waals surface area contributed by atoms with Gasteiger partial charge in [-0.15, -0.1) is 10.2 Å². The third kappa shape index (κ3) is 4.18. The van der Waals surface area contributed by atoms with Gasteiger partial charge in [0, 0.05) is 30.4 Å². The van der Waals surface area contributed by atoms with E-state index < -0.39 is 0 Å². The summed E-state index contributed by atoms with van der Waals surface area (Å²) in [5.74, 6) is 2.20. The quantitative estimate of drug-likeness (QED) is 0.588. The van der Waals surface area contributed by atoms with E-state index in [1.165, 1.54) is 0 Å². The van der Waals surface area contributed by atoms with Crippen molar-refractivity contribution in [3.8, 4) is 11.8 Å². The maximum Gasteiger partial charge on any atom is 0.159 e. The smallest absolute Gasteiger partial charge is 0.159 e. The number of anilines is 2. The Morgan fingerprint density at radius 3 is 2.70 bits per heavy atom. The molecule has 3 aromatic rings. The molecule has 1 aliphatic heterocycles. The van der Waals surface area contributed by atoms with E-state index in [2.05, 4.69) is 42.4 Å². The standard InChI is InChI=1S/C22H22BrN5O2/c1-30-20-5-3-15(11-19(20)23)13-25-21-18-10-14(12-24)2-4-17(18)22(27-26-21)28-8-6-16(29)7-9-28/h2-5,10-11,16,29H,6-9,13H2,1H3,(H,25,26). The van der Waals surface area contributed by atoms with E-state index in [1.807, 2.05) is 30.3 Å². The van der Waals surface area contributed by atoms with Gasteiger partial charge in [0.25, 0.3) is 0 Å². The Kier molecular flexibility index (Phi) is 6.02. The number of nitriles is 1. The molecule has 0 bridgehead atoms. The van der Waals surface area contributed by atoms with E-state index in [0.29, 0.717) is 30.8 Å². The Bertz CT molecular complexity index is 1110. The fraction of sp³-hybridized carbons (Fsp3) is 0.318. The zero-order chi connectivity index (χ0) is 21.1. The van der Waals surface area contributed by atoms with Crippen molar-refractivity contribution in [2.45, 2.75) is 25.5 Å². The molecule has 1 aliphatic rings. The van der Waals surface area contributed by atoms with E-state index in [9.17, 15) is 10.4 Å². The lowest BCUT2D eigenvalue weighted by Crippen LogP contribution is -2.36. The van der Waals surface area contributed by atoms with Crippen LogP contribution in [-0.2, 0) is 6.54 Å². The summed E-state index contributed by atoms with van der Waals surface area (Å²) in [5.41, 5.74) is 1.63. The highest BCUT2D eigenvalue weighted by Gasteiger charge is 2.21. The largest absolute Gasteiger partial charge is 0.496 e. The summed E-state index contributed by atoms with van der Waals surface area (Å²) in [7, 11) is 1.64. The van der Waals surface area contributed by atoms with Crippen molar-refractivity contribution in [2.24, 2.45) is 0 Å². The van der Waals surface area contributed by atoms with Crippen molar-refractivity contribution in [1.29, 1.82) is 5.26 Å². The number of aromatic nitrogens is 2. The van der Waals surface area contributed by atoms with E-state index in [0.717, 1.165) is 45.5 Å². The summed E-state index contributed by atoms with van der Waals surface area (Å²) in [6, 6.07) is 13.7. The Labute approximate surface area is 183 Å². The minimum Gasteiger partial charge on any atom is -0.496 e. The van der Waals surface area contributed by atoms with Gasteiger partial charge in [-0.2, -0.15) is 5.26 Å². The van der Waals surface area contributed by atoms with Gasteiger partial charge in [-0.25, -0.2) is 0 Å². The van der Waals surface area contributed by atoms with Gasteiger partial charge in [-0.3, -0.25) is 0 Å². The number of ether oxygens (including phenoxy) is 1. The maximum atomic E-state index is 9.81. The zero-order valence-corrected chi connectivity index (χ0v) is 18.2. The van der Waals surface area contributed by atoms with E-state index in [1.54, 1.807) is 13.2 Å². The molecule has 0 saturated carbocycles. The van der Waals surface area contributed by atoms with E-state index in [-0.39, 0.29) is 6.10 Å². The first-order valence-electron chi connectivity index (χ1n) is 9.79. The van der Waals surface area contributed by atoms with E-state index in [4.69, 9.17) is 4.74 Å². The predicted octanol–water partition coefficient (Wildman–Crippen LogP) is 3.85. The number of aliphatic hydroxyl groups is 1. The molecule has 0 radical (unpaired) electrons. The minimum absolute atomic E-state index is 0.254. The van der Waals surface area contributed by atoms with Crippen molar-refractivity contribution in [3.05, 3.63) is 52.0 Å². The second-order valence-electron chi connectivity index (χ2n) is 7.29. The first-order chi connectivity index (χ1) is 14.6. The number of halogens is 1. The van der Waals surface area contributed by atoms with Crippen LogP contribution in [0.2, 0.25) is 0 Å². The Morgan fingerprint density at radius 1 is 1.20 bits per heavy atom. The number of benzene rings is 2. The number of piperidine rings is 1. The van der Waals surface area contributed by atoms with E-state index >= 15 is 0 Å². The molecular formula is C22H22BrN5O2. The first-order valence-corrected chi connectivity index (χ1v) is 10.6. The van der Waals surface area contributed by atoms with Gasteiger partial charge in [0.15, 0.2) is 11.6 Å². The van der Waals surface area contributed by atoms with Crippen LogP contribution in [0.1, 0.15) is 24.0 Å². The second-order valence-corrected chi connectivity index (χ2v) is 8.14. The van der Waals surface area contributed by atoms with Gasteiger partial charge in [0.1, 0.15) is 5.75 Å². The van der Waals surface area contributed by atoms with Crippen LogP contribution in [0, 0.1) is 11.3 Å². The molecule has 4 rings (SSSR count). The molecule has 2 heterocycles. The number of nitrogens with one attached hydrogen (secondary N) is 1. The molecule has 154 valence electrons. The Balaban J connectivity index is 1.65. The molecule has 1 fully saturated rings. The number of rotatable bonds is 5. The van der Waals surface area contributed by atoms with Crippen LogP contribution in [-0.4, -0.2) is 41.6 Å². The van der Waals surface area contributed by atoms with Crippen molar-refractivity contribution in [2.75, 3.05) is 30.4 Å². The highest BCUT2D eigenvalue weighted by molar-refractivity contribution is 9.10. The predicted molar refractivity (Wildman–Crippen MR) is 120 cm³/mol. The Morgan fingerprint density at radius 2 is 2.00 bits per heavy atom. The molecule has 7 nitrogen and oxygen atoms in total. The van der Waals surface area contributed by atoms with Gasteiger partial charge in [0.05, 0.1) is 29.3 Å². The molecule has 1 aromatic heterocycles. The van der Waals surface area contributed by atoms with Gasteiger partial charge < -0.3 is 20.1 Å². The molecular weight excluding hydrogens is 446 g/mol. The van der Waals surface area contributed by atoms with Gasteiger partial charge in [-0.05, 0) is 64.7 Å². The van der Waals surface area contributed by atoms with Crippen molar-refractivity contribution >= 4 is 38.3 Å². The lowest BCUT2D eigenvalue weighted by atomic mass is 10.1. The number of aliphatic hydroxyl groups excluding tert-OH is 1. The summed E-state index contributed by atoms with van der Waals surface area (Å²) in [6.45, 7) is 2.02. The third-order valence-electron chi connectivity index (χ3n) is 5.33. The SMILES string of the molecule is COc1ccc(CNc2nnc(N3CCC(O)CC3)c3ccc(C#N)cc23)cc1Br. The molecule has 2 N–H and O–H groups in total. The lowest BCUT2D eigenvalue weighted by Gasteiger charge is -2.31. The van der Waals surface area contributed by atoms with Crippen LogP contribution in [0.3, 0.4) is 0 Å². The number of nitrogens with zero attached hydrogens (tertiary/aromatic N) is 4. The van der Waals surface area contributed by atoms with Crippen LogP contribution in [0.15, 0.2) is 40.9 Å². The number of fused-ring (bicyclic) bond motifs is 1. The van der Waals surface area contributed by atoms with Crippen LogP contribution in [0.4, 0.5) is 11.6 Å².